The van der Waals surface area contributed by atoms with Crippen LogP contribution in [0.15, 0.2) is 46.9 Å². The molecule has 0 heterocycles. The van der Waals surface area contributed by atoms with Crippen LogP contribution in [0.1, 0.15) is 25.3 Å². The standard InChI is InChI=1S/C20H24BrN3O3/c1-3-12-27-18-13-14(2)4-9-17(18)24-19(25)10-11-22-20(26)23-16-7-5-15(21)6-8-16/h4-9,13H,3,10-12H2,1-2H3,(H,24,25)(H2,22,23,26). The molecule has 7 heteroatoms. The topological polar surface area (TPSA) is 79.5 Å². The maximum absolute atomic E-state index is 12.2. The number of anilines is 2. The normalized spacial score (nSPS) is 10.2. The first kappa shape index (κ1) is 20.8. The van der Waals surface area contributed by atoms with E-state index in [2.05, 4.69) is 31.9 Å². The number of ether oxygens (including phenoxy) is 1. The second-order valence-electron chi connectivity index (χ2n) is 6.03. The second kappa shape index (κ2) is 10.6. The third kappa shape index (κ3) is 7.30. The van der Waals surface area contributed by atoms with Gasteiger partial charge in [0.15, 0.2) is 0 Å². The van der Waals surface area contributed by atoms with Gasteiger partial charge in [-0.2, -0.15) is 0 Å². The second-order valence-corrected chi connectivity index (χ2v) is 6.95. The summed E-state index contributed by atoms with van der Waals surface area (Å²) in [6, 6.07) is 12.5. The summed E-state index contributed by atoms with van der Waals surface area (Å²) in [5.74, 6) is 0.468. The van der Waals surface area contributed by atoms with Gasteiger partial charge in [0.05, 0.1) is 12.3 Å². The highest BCUT2D eigenvalue weighted by Gasteiger charge is 2.09. The van der Waals surface area contributed by atoms with Crippen molar-refractivity contribution >= 4 is 39.2 Å². The van der Waals surface area contributed by atoms with Crippen LogP contribution in [0.5, 0.6) is 5.75 Å². The number of carbonyl (C=O) groups is 2. The molecule has 0 aliphatic heterocycles. The first-order valence-corrected chi connectivity index (χ1v) is 9.61. The minimum Gasteiger partial charge on any atom is -0.491 e. The smallest absolute Gasteiger partial charge is 0.319 e. The van der Waals surface area contributed by atoms with Crippen molar-refractivity contribution in [1.29, 1.82) is 0 Å². The van der Waals surface area contributed by atoms with Crippen molar-refractivity contribution in [3.05, 3.63) is 52.5 Å². The van der Waals surface area contributed by atoms with Crippen LogP contribution in [0, 0.1) is 6.92 Å². The number of benzene rings is 2. The predicted octanol–water partition coefficient (Wildman–Crippen LogP) is 4.70. The summed E-state index contributed by atoms with van der Waals surface area (Å²) >= 11 is 3.34. The van der Waals surface area contributed by atoms with Crippen LogP contribution in [0.25, 0.3) is 0 Å². The maximum Gasteiger partial charge on any atom is 0.319 e. The van der Waals surface area contributed by atoms with E-state index in [1.165, 1.54) is 0 Å². The van der Waals surface area contributed by atoms with Crippen LogP contribution in [-0.4, -0.2) is 25.1 Å². The van der Waals surface area contributed by atoms with Crippen molar-refractivity contribution < 1.29 is 14.3 Å². The number of urea groups is 1. The fourth-order valence-corrected chi connectivity index (χ4v) is 2.54. The van der Waals surface area contributed by atoms with Gasteiger partial charge in [0, 0.05) is 23.1 Å². The van der Waals surface area contributed by atoms with Crippen molar-refractivity contribution in [2.24, 2.45) is 0 Å². The van der Waals surface area contributed by atoms with Crippen molar-refractivity contribution in [2.45, 2.75) is 26.7 Å². The molecule has 2 aromatic rings. The van der Waals surface area contributed by atoms with Crippen LogP contribution in [0.3, 0.4) is 0 Å². The van der Waals surface area contributed by atoms with Gasteiger partial charge in [-0.15, -0.1) is 0 Å². The number of halogens is 1. The van der Waals surface area contributed by atoms with E-state index in [1.54, 1.807) is 12.1 Å². The Kier molecular flexibility index (Phi) is 8.13. The fourth-order valence-electron chi connectivity index (χ4n) is 2.28. The Balaban J connectivity index is 1.79. The molecule has 3 N–H and O–H groups in total. The molecule has 0 atom stereocenters. The molecule has 0 spiro atoms. The monoisotopic (exact) mass is 433 g/mol. The average Bonchev–Trinajstić information content (AvgIpc) is 2.63. The molecule has 0 aliphatic rings. The lowest BCUT2D eigenvalue weighted by Crippen LogP contribution is -2.31. The van der Waals surface area contributed by atoms with Crippen LogP contribution >= 0.6 is 15.9 Å². The summed E-state index contributed by atoms with van der Waals surface area (Å²) in [6.45, 7) is 4.81. The molecule has 0 saturated carbocycles. The predicted molar refractivity (Wildman–Crippen MR) is 111 cm³/mol. The lowest BCUT2D eigenvalue weighted by Gasteiger charge is -2.13. The average molecular weight is 434 g/mol. The molecule has 6 nitrogen and oxygen atoms in total. The molecule has 0 unspecified atom stereocenters. The molecule has 0 aromatic heterocycles. The van der Waals surface area contributed by atoms with Gasteiger partial charge in [-0.05, 0) is 55.3 Å². The Labute approximate surface area is 167 Å². The zero-order chi connectivity index (χ0) is 19.6. The first-order valence-electron chi connectivity index (χ1n) is 8.81. The SMILES string of the molecule is CCCOc1cc(C)ccc1NC(=O)CCNC(=O)Nc1ccc(Br)cc1. The van der Waals surface area contributed by atoms with Crippen molar-refractivity contribution in [3.63, 3.8) is 0 Å². The minimum absolute atomic E-state index is 0.162. The lowest BCUT2D eigenvalue weighted by atomic mass is 10.2. The van der Waals surface area contributed by atoms with Crippen molar-refractivity contribution in [3.8, 4) is 5.75 Å². The number of rotatable bonds is 8. The van der Waals surface area contributed by atoms with E-state index >= 15 is 0 Å². The highest BCUT2D eigenvalue weighted by atomic mass is 79.9. The quantitative estimate of drug-likeness (QED) is 0.564. The van der Waals surface area contributed by atoms with Crippen LogP contribution < -0.4 is 20.7 Å². The molecular weight excluding hydrogens is 410 g/mol. The molecule has 144 valence electrons. The molecule has 2 aromatic carbocycles. The molecule has 0 radical (unpaired) electrons. The highest BCUT2D eigenvalue weighted by Crippen LogP contribution is 2.26. The number of nitrogens with one attached hydrogen (secondary N) is 3. The van der Waals surface area contributed by atoms with Crippen LogP contribution in [-0.2, 0) is 4.79 Å². The Hall–Kier alpha value is -2.54. The highest BCUT2D eigenvalue weighted by molar-refractivity contribution is 9.10. The fraction of sp³-hybridized carbons (Fsp3) is 0.300. The summed E-state index contributed by atoms with van der Waals surface area (Å²) in [4.78, 5) is 24.0. The Morgan fingerprint density at radius 2 is 1.81 bits per heavy atom. The minimum atomic E-state index is -0.354. The van der Waals surface area contributed by atoms with Gasteiger partial charge >= 0.3 is 6.03 Å². The molecule has 2 rings (SSSR count). The van der Waals surface area contributed by atoms with Gasteiger partial charge in [-0.3, -0.25) is 4.79 Å². The number of hydrogen-bond donors (Lipinski definition) is 3. The van der Waals surface area contributed by atoms with Gasteiger partial charge in [0.25, 0.3) is 0 Å². The van der Waals surface area contributed by atoms with Crippen molar-refractivity contribution in [2.75, 3.05) is 23.8 Å². The summed E-state index contributed by atoms with van der Waals surface area (Å²) in [7, 11) is 0. The largest absolute Gasteiger partial charge is 0.491 e. The van der Waals surface area contributed by atoms with E-state index in [9.17, 15) is 9.59 Å². The molecule has 0 fully saturated rings. The first-order chi connectivity index (χ1) is 13.0. The van der Waals surface area contributed by atoms with Gasteiger partial charge in [-0.1, -0.05) is 28.9 Å². The number of aryl methyl sites for hydroxylation is 1. The third-order valence-electron chi connectivity index (χ3n) is 3.61. The molecule has 0 aliphatic carbocycles. The summed E-state index contributed by atoms with van der Waals surface area (Å²) in [5, 5.41) is 8.21. The van der Waals surface area contributed by atoms with E-state index in [1.807, 2.05) is 44.2 Å². The number of carbonyl (C=O) groups excluding carboxylic acids is 2. The van der Waals surface area contributed by atoms with Gasteiger partial charge in [-0.25, -0.2) is 4.79 Å². The van der Waals surface area contributed by atoms with E-state index < -0.39 is 0 Å². The molecule has 3 amide bonds. The Bertz CT molecular complexity index is 779. The zero-order valence-electron chi connectivity index (χ0n) is 15.5. The van der Waals surface area contributed by atoms with Crippen molar-refractivity contribution in [1.82, 2.24) is 5.32 Å². The summed E-state index contributed by atoms with van der Waals surface area (Å²) < 4.78 is 6.62. The van der Waals surface area contributed by atoms with E-state index in [-0.39, 0.29) is 24.9 Å². The van der Waals surface area contributed by atoms with Crippen LogP contribution in [0.2, 0.25) is 0 Å². The molecular formula is C20H24BrN3O3. The molecule has 27 heavy (non-hydrogen) atoms. The zero-order valence-corrected chi connectivity index (χ0v) is 17.1. The van der Waals surface area contributed by atoms with Gasteiger partial charge in [0.2, 0.25) is 5.91 Å². The molecule has 0 saturated heterocycles. The Morgan fingerprint density at radius 1 is 1.07 bits per heavy atom. The lowest BCUT2D eigenvalue weighted by molar-refractivity contribution is -0.116. The number of hydrogen-bond acceptors (Lipinski definition) is 3. The van der Waals surface area contributed by atoms with Gasteiger partial charge in [0.1, 0.15) is 5.75 Å². The molecule has 0 bridgehead atoms. The third-order valence-corrected chi connectivity index (χ3v) is 4.14. The number of amides is 3. The van der Waals surface area contributed by atoms with Crippen LogP contribution in [0.4, 0.5) is 16.2 Å². The summed E-state index contributed by atoms with van der Waals surface area (Å²) in [6.07, 6.45) is 1.05. The maximum atomic E-state index is 12.2. The van der Waals surface area contributed by atoms with E-state index in [0.717, 1.165) is 16.5 Å². The summed E-state index contributed by atoms with van der Waals surface area (Å²) in [5.41, 5.74) is 2.38. The Morgan fingerprint density at radius 3 is 2.52 bits per heavy atom. The van der Waals surface area contributed by atoms with E-state index in [4.69, 9.17) is 4.74 Å². The van der Waals surface area contributed by atoms with E-state index in [0.29, 0.717) is 23.7 Å². The van der Waals surface area contributed by atoms with Gasteiger partial charge < -0.3 is 20.7 Å².